The molecule has 6 nitrogen and oxygen atoms in total. The second-order valence-corrected chi connectivity index (χ2v) is 6.63. The number of rotatable bonds is 8. The number of hydrogen-bond acceptors (Lipinski definition) is 5. The number of nitrogen functional groups attached to an aromatic ring is 1. The Bertz CT molecular complexity index is 819. The van der Waals surface area contributed by atoms with Gasteiger partial charge in [0.2, 0.25) is 5.91 Å². The molecule has 0 unspecified atom stereocenters. The van der Waals surface area contributed by atoms with Crippen molar-refractivity contribution in [2.45, 2.75) is 32.6 Å². The topological polar surface area (TPSA) is 87.5 Å². The smallest absolute Gasteiger partial charge is 0.261 e. The number of unbranched alkanes of at least 4 members (excludes halogenated alkanes) is 1. The Morgan fingerprint density at radius 2 is 1.85 bits per heavy atom. The van der Waals surface area contributed by atoms with Gasteiger partial charge in [-0.25, -0.2) is 0 Å². The molecule has 0 aliphatic carbocycles. The van der Waals surface area contributed by atoms with E-state index < -0.39 is 0 Å². The van der Waals surface area contributed by atoms with E-state index in [1.165, 1.54) is 4.90 Å². The highest BCUT2D eigenvalue weighted by molar-refractivity contribution is 6.18. The van der Waals surface area contributed by atoms with Crippen LogP contribution in [-0.4, -0.2) is 36.3 Å². The summed E-state index contributed by atoms with van der Waals surface area (Å²) < 4.78 is 0. The van der Waals surface area contributed by atoms with Gasteiger partial charge < -0.3 is 5.73 Å². The Balaban J connectivity index is 1.72. The van der Waals surface area contributed by atoms with E-state index in [0.717, 1.165) is 30.2 Å². The van der Waals surface area contributed by atoms with Crippen LogP contribution >= 0.6 is 0 Å². The first-order valence-electron chi connectivity index (χ1n) is 9.24. The molecule has 2 aromatic carbocycles. The number of nitrogens with two attached hydrogens (primary N) is 1. The molecule has 1 aliphatic rings. The second kappa shape index (κ2) is 8.29. The van der Waals surface area contributed by atoms with Crippen LogP contribution in [0.15, 0.2) is 30.3 Å². The van der Waals surface area contributed by atoms with Gasteiger partial charge in [-0.3, -0.25) is 25.3 Å². The van der Waals surface area contributed by atoms with Crippen molar-refractivity contribution in [2.24, 2.45) is 0 Å². The number of nitrogens with zero attached hydrogens (tertiary/aromatic N) is 1. The highest BCUT2D eigenvalue weighted by Gasteiger charge is 2.33. The monoisotopic (exact) mass is 354 g/mol. The molecule has 0 spiro atoms. The number of fused-ring (bicyclic) bond motifs is 3. The van der Waals surface area contributed by atoms with E-state index >= 15 is 0 Å². The average Bonchev–Trinajstić information content (AvgIpc) is 2.63. The fraction of sp³-hybridized carbons (Fsp3) is 0.400. The summed E-state index contributed by atoms with van der Waals surface area (Å²) in [6, 6.07) is 9.52. The maximum atomic E-state index is 13.0. The number of nitrogens with one attached hydrogen (secondary N) is 2. The summed E-state index contributed by atoms with van der Waals surface area (Å²) in [5, 5.41) is 1.78. The standard InChI is InChI=1S/C20H26N4O2/c1-2-3-9-22-23-10-6-11-24-18(25)13-16-17(21)12-14-7-4-5-8-15(14)19(16)20(24)26/h4-5,7-8,12,22-23H,2-3,6,9-11,13,21H2,1H3. The van der Waals surface area contributed by atoms with E-state index in [1.54, 1.807) is 0 Å². The molecule has 0 saturated heterocycles. The van der Waals surface area contributed by atoms with Gasteiger partial charge in [-0.05, 0) is 35.2 Å². The molecule has 6 heteroatoms. The van der Waals surface area contributed by atoms with Crippen LogP contribution in [0.1, 0.15) is 42.1 Å². The zero-order chi connectivity index (χ0) is 18.5. The fourth-order valence-corrected chi connectivity index (χ4v) is 3.34. The number of hydrazine groups is 1. The molecule has 2 aromatic rings. The van der Waals surface area contributed by atoms with Crippen molar-refractivity contribution >= 4 is 28.3 Å². The first kappa shape index (κ1) is 18.4. The molecular formula is C20H26N4O2. The molecule has 0 bridgehead atoms. The highest BCUT2D eigenvalue weighted by Crippen LogP contribution is 2.32. The lowest BCUT2D eigenvalue weighted by Gasteiger charge is -2.28. The van der Waals surface area contributed by atoms with Gasteiger partial charge in [0.25, 0.3) is 5.91 Å². The molecule has 4 N–H and O–H groups in total. The molecule has 0 radical (unpaired) electrons. The Morgan fingerprint density at radius 1 is 1.12 bits per heavy atom. The minimum absolute atomic E-state index is 0.177. The number of carbonyl (C=O) groups is 2. The van der Waals surface area contributed by atoms with Crippen LogP contribution in [0.4, 0.5) is 5.69 Å². The molecular weight excluding hydrogens is 328 g/mol. The lowest BCUT2D eigenvalue weighted by atomic mass is 9.91. The molecule has 1 heterocycles. The summed E-state index contributed by atoms with van der Waals surface area (Å²) in [4.78, 5) is 26.8. The highest BCUT2D eigenvalue weighted by atomic mass is 16.2. The van der Waals surface area contributed by atoms with Crippen LogP contribution in [0.3, 0.4) is 0 Å². The third kappa shape index (κ3) is 3.71. The van der Waals surface area contributed by atoms with Gasteiger partial charge in [-0.2, -0.15) is 0 Å². The molecule has 2 amide bonds. The third-order valence-corrected chi connectivity index (χ3v) is 4.74. The first-order chi connectivity index (χ1) is 12.6. The van der Waals surface area contributed by atoms with Gasteiger partial charge in [0, 0.05) is 25.3 Å². The van der Waals surface area contributed by atoms with E-state index in [2.05, 4.69) is 17.8 Å². The van der Waals surface area contributed by atoms with Crippen molar-refractivity contribution in [3.63, 3.8) is 0 Å². The number of hydrogen-bond donors (Lipinski definition) is 3. The maximum Gasteiger partial charge on any atom is 0.261 e. The van der Waals surface area contributed by atoms with Gasteiger partial charge in [0.1, 0.15) is 0 Å². The average molecular weight is 354 g/mol. The first-order valence-corrected chi connectivity index (χ1v) is 9.24. The largest absolute Gasteiger partial charge is 0.398 e. The Labute approximate surface area is 153 Å². The summed E-state index contributed by atoms with van der Waals surface area (Å²) in [6.07, 6.45) is 3.13. The van der Waals surface area contributed by atoms with Gasteiger partial charge in [-0.15, -0.1) is 0 Å². The van der Waals surface area contributed by atoms with E-state index in [1.807, 2.05) is 30.3 Å². The predicted octanol–water partition coefficient (Wildman–Crippen LogP) is 2.23. The summed E-state index contributed by atoms with van der Waals surface area (Å²) >= 11 is 0. The van der Waals surface area contributed by atoms with Crippen LogP contribution < -0.4 is 16.6 Å². The van der Waals surface area contributed by atoms with Crippen LogP contribution in [-0.2, 0) is 11.2 Å². The van der Waals surface area contributed by atoms with Crippen LogP contribution in [0, 0.1) is 0 Å². The van der Waals surface area contributed by atoms with Crippen molar-refractivity contribution in [1.82, 2.24) is 15.8 Å². The maximum absolute atomic E-state index is 13.0. The Morgan fingerprint density at radius 3 is 2.62 bits per heavy atom. The van der Waals surface area contributed by atoms with Gasteiger partial charge in [0.15, 0.2) is 0 Å². The van der Waals surface area contributed by atoms with Gasteiger partial charge in [-0.1, -0.05) is 37.6 Å². The molecule has 26 heavy (non-hydrogen) atoms. The minimum atomic E-state index is -0.237. The third-order valence-electron chi connectivity index (χ3n) is 4.74. The number of anilines is 1. The summed E-state index contributed by atoms with van der Waals surface area (Å²) in [5.74, 6) is -0.415. The molecule has 0 aromatic heterocycles. The molecule has 0 saturated carbocycles. The number of amides is 2. The van der Waals surface area contributed by atoms with Crippen molar-refractivity contribution < 1.29 is 9.59 Å². The lowest BCUT2D eigenvalue weighted by Crippen LogP contribution is -2.44. The molecule has 138 valence electrons. The van der Waals surface area contributed by atoms with Crippen molar-refractivity contribution in [2.75, 3.05) is 25.4 Å². The zero-order valence-electron chi connectivity index (χ0n) is 15.2. The number of imide groups is 1. The van der Waals surface area contributed by atoms with Crippen molar-refractivity contribution in [1.29, 1.82) is 0 Å². The Hall–Kier alpha value is -2.44. The van der Waals surface area contributed by atoms with Crippen LogP contribution in [0.2, 0.25) is 0 Å². The molecule has 1 aliphatic heterocycles. The molecule has 3 rings (SSSR count). The number of carbonyl (C=O) groups excluding carboxylic acids is 2. The van der Waals surface area contributed by atoms with E-state index in [0.29, 0.717) is 36.3 Å². The quantitative estimate of drug-likeness (QED) is 0.293. The molecule has 0 fully saturated rings. The summed E-state index contributed by atoms with van der Waals surface area (Å²) in [5.41, 5.74) is 14.1. The zero-order valence-corrected chi connectivity index (χ0v) is 15.2. The van der Waals surface area contributed by atoms with E-state index in [9.17, 15) is 9.59 Å². The second-order valence-electron chi connectivity index (χ2n) is 6.63. The SMILES string of the molecule is CCCCNNCCCN1C(=O)Cc2c(N)cc3ccccc3c2C1=O. The Kier molecular flexibility index (Phi) is 5.85. The van der Waals surface area contributed by atoms with Crippen molar-refractivity contribution in [3.8, 4) is 0 Å². The normalized spacial score (nSPS) is 14.1. The van der Waals surface area contributed by atoms with Crippen LogP contribution in [0.5, 0.6) is 0 Å². The van der Waals surface area contributed by atoms with E-state index in [-0.39, 0.29) is 18.2 Å². The minimum Gasteiger partial charge on any atom is -0.398 e. The lowest BCUT2D eigenvalue weighted by molar-refractivity contribution is -0.128. The summed E-state index contributed by atoms with van der Waals surface area (Å²) in [6.45, 7) is 4.16. The van der Waals surface area contributed by atoms with E-state index in [4.69, 9.17) is 5.73 Å². The van der Waals surface area contributed by atoms with Gasteiger partial charge >= 0.3 is 0 Å². The summed E-state index contributed by atoms with van der Waals surface area (Å²) in [7, 11) is 0. The number of benzene rings is 2. The fourth-order valence-electron chi connectivity index (χ4n) is 3.34. The predicted molar refractivity (Wildman–Crippen MR) is 104 cm³/mol. The molecule has 0 atom stereocenters. The van der Waals surface area contributed by atoms with Crippen molar-refractivity contribution in [3.05, 3.63) is 41.5 Å². The van der Waals surface area contributed by atoms with Gasteiger partial charge in [0.05, 0.1) is 12.0 Å². The van der Waals surface area contributed by atoms with Crippen LogP contribution in [0.25, 0.3) is 10.8 Å².